The van der Waals surface area contributed by atoms with Gasteiger partial charge in [-0.3, -0.25) is 5.32 Å². The molecule has 0 amide bonds. The summed E-state index contributed by atoms with van der Waals surface area (Å²) in [4.78, 5) is 14.7. The van der Waals surface area contributed by atoms with Gasteiger partial charge < -0.3 is 4.74 Å². The van der Waals surface area contributed by atoms with Gasteiger partial charge in [-0.05, 0) is 31.0 Å². The standard InChI is InChI=1S/C13H18N4O2/c1-13(12(18)19-2,11-7-4-3-5-8-11)15-9-6-10-16-17-14/h3-5,7-8,15H,6,9-10H2,1-2H3. The topological polar surface area (TPSA) is 87.1 Å². The van der Waals surface area contributed by atoms with E-state index in [9.17, 15) is 4.79 Å². The molecule has 1 unspecified atom stereocenters. The number of ether oxygens (including phenoxy) is 1. The minimum atomic E-state index is -0.896. The molecular formula is C13H18N4O2. The van der Waals surface area contributed by atoms with Crippen LogP contribution in [0.15, 0.2) is 35.4 Å². The number of esters is 1. The molecule has 0 spiro atoms. The maximum atomic E-state index is 12.0. The lowest BCUT2D eigenvalue weighted by Crippen LogP contribution is -2.47. The van der Waals surface area contributed by atoms with Gasteiger partial charge >= 0.3 is 5.97 Å². The second kappa shape index (κ2) is 7.41. The molecule has 0 saturated heterocycles. The van der Waals surface area contributed by atoms with E-state index in [-0.39, 0.29) is 5.97 Å². The first-order valence-corrected chi connectivity index (χ1v) is 6.05. The molecule has 0 aromatic heterocycles. The largest absolute Gasteiger partial charge is 0.467 e. The number of rotatable bonds is 7. The number of methoxy groups -OCH3 is 1. The summed E-state index contributed by atoms with van der Waals surface area (Å²) in [7, 11) is 1.37. The van der Waals surface area contributed by atoms with Crippen molar-refractivity contribution in [1.29, 1.82) is 0 Å². The number of azide groups is 1. The highest BCUT2D eigenvalue weighted by molar-refractivity contribution is 5.82. The molecule has 0 radical (unpaired) electrons. The second-order valence-corrected chi connectivity index (χ2v) is 4.22. The zero-order valence-corrected chi connectivity index (χ0v) is 11.2. The maximum absolute atomic E-state index is 12.0. The third kappa shape index (κ3) is 3.98. The quantitative estimate of drug-likeness (QED) is 0.269. The average Bonchev–Trinajstić information content (AvgIpc) is 2.46. The summed E-state index contributed by atoms with van der Waals surface area (Å²) >= 11 is 0. The van der Waals surface area contributed by atoms with E-state index in [0.29, 0.717) is 19.5 Å². The summed E-state index contributed by atoms with van der Waals surface area (Å²) in [5, 5.41) is 6.62. The van der Waals surface area contributed by atoms with E-state index in [2.05, 4.69) is 15.3 Å². The number of nitrogens with one attached hydrogen (secondary N) is 1. The molecule has 1 rings (SSSR count). The number of nitrogens with zero attached hydrogens (tertiary/aromatic N) is 3. The molecule has 6 nitrogen and oxygen atoms in total. The summed E-state index contributed by atoms with van der Waals surface area (Å²) in [5.41, 5.74) is 8.14. The molecule has 6 heteroatoms. The van der Waals surface area contributed by atoms with Crippen LogP contribution in [0.4, 0.5) is 0 Å². The number of carbonyl (C=O) groups excluding carboxylic acids is 1. The molecule has 1 aromatic carbocycles. The van der Waals surface area contributed by atoms with E-state index < -0.39 is 5.54 Å². The van der Waals surface area contributed by atoms with Crippen LogP contribution in [0.5, 0.6) is 0 Å². The molecule has 0 aliphatic rings. The van der Waals surface area contributed by atoms with Gasteiger partial charge in [0.05, 0.1) is 7.11 Å². The lowest BCUT2D eigenvalue weighted by atomic mass is 9.92. The molecule has 0 heterocycles. The highest BCUT2D eigenvalue weighted by Gasteiger charge is 2.35. The Morgan fingerprint density at radius 1 is 1.47 bits per heavy atom. The molecule has 0 saturated carbocycles. The first kappa shape index (κ1) is 15.0. The Bertz CT molecular complexity index is 457. The Kier molecular flexibility index (Phi) is 5.85. The fraction of sp³-hybridized carbons (Fsp3) is 0.462. The monoisotopic (exact) mass is 262 g/mol. The SMILES string of the molecule is COC(=O)C(C)(NCCCN=[N+]=[N-])c1ccccc1. The Labute approximate surface area is 112 Å². The molecule has 0 bridgehead atoms. The van der Waals surface area contributed by atoms with Crippen molar-refractivity contribution in [2.24, 2.45) is 5.11 Å². The van der Waals surface area contributed by atoms with E-state index in [1.165, 1.54) is 7.11 Å². The minimum absolute atomic E-state index is 0.345. The van der Waals surface area contributed by atoms with Gasteiger partial charge in [-0.2, -0.15) is 0 Å². The minimum Gasteiger partial charge on any atom is -0.467 e. The van der Waals surface area contributed by atoms with Gasteiger partial charge in [-0.15, -0.1) is 0 Å². The van der Waals surface area contributed by atoms with Crippen molar-refractivity contribution in [3.05, 3.63) is 46.3 Å². The van der Waals surface area contributed by atoms with E-state index in [1.54, 1.807) is 6.92 Å². The zero-order valence-electron chi connectivity index (χ0n) is 11.2. The predicted molar refractivity (Wildman–Crippen MR) is 72.4 cm³/mol. The van der Waals surface area contributed by atoms with E-state index >= 15 is 0 Å². The van der Waals surface area contributed by atoms with E-state index in [1.807, 2.05) is 30.3 Å². The van der Waals surface area contributed by atoms with Crippen LogP contribution in [-0.2, 0) is 15.1 Å². The molecule has 1 N–H and O–H groups in total. The van der Waals surface area contributed by atoms with Crippen LogP contribution in [0, 0.1) is 0 Å². The molecule has 102 valence electrons. The Morgan fingerprint density at radius 3 is 2.74 bits per heavy atom. The fourth-order valence-corrected chi connectivity index (χ4v) is 1.80. The predicted octanol–water partition coefficient (Wildman–Crippen LogP) is 2.36. The van der Waals surface area contributed by atoms with Crippen molar-refractivity contribution in [3.8, 4) is 0 Å². The number of hydrogen-bond donors (Lipinski definition) is 1. The number of hydrogen-bond acceptors (Lipinski definition) is 4. The van der Waals surface area contributed by atoms with Gasteiger partial charge in [0.25, 0.3) is 0 Å². The Morgan fingerprint density at radius 2 is 2.16 bits per heavy atom. The van der Waals surface area contributed by atoms with Crippen molar-refractivity contribution in [2.45, 2.75) is 18.9 Å². The first-order valence-electron chi connectivity index (χ1n) is 6.05. The van der Waals surface area contributed by atoms with Gasteiger partial charge in [-0.1, -0.05) is 35.4 Å². The molecule has 1 atom stereocenters. The van der Waals surface area contributed by atoms with Gasteiger partial charge in [-0.25, -0.2) is 4.79 Å². The van der Waals surface area contributed by atoms with Crippen molar-refractivity contribution in [2.75, 3.05) is 20.2 Å². The average molecular weight is 262 g/mol. The zero-order chi connectivity index (χ0) is 14.1. The first-order chi connectivity index (χ1) is 9.15. The second-order valence-electron chi connectivity index (χ2n) is 4.22. The third-order valence-electron chi connectivity index (χ3n) is 2.92. The molecule has 19 heavy (non-hydrogen) atoms. The number of carbonyl (C=O) groups is 1. The van der Waals surface area contributed by atoms with Gasteiger partial charge in [0, 0.05) is 11.5 Å². The summed E-state index contributed by atoms with van der Waals surface area (Å²) in [6.07, 6.45) is 0.656. The van der Waals surface area contributed by atoms with Crippen LogP contribution < -0.4 is 5.32 Å². The van der Waals surface area contributed by atoms with Crippen LogP contribution in [0.1, 0.15) is 18.9 Å². The van der Waals surface area contributed by atoms with Crippen LogP contribution in [-0.4, -0.2) is 26.2 Å². The molecule has 0 aliphatic heterocycles. The fourth-order valence-electron chi connectivity index (χ4n) is 1.80. The molecule has 0 fully saturated rings. The smallest absolute Gasteiger partial charge is 0.330 e. The number of benzene rings is 1. The van der Waals surface area contributed by atoms with Gasteiger partial charge in [0.1, 0.15) is 5.54 Å². The van der Waals surface area contributed by atoms with Crippen LogP contribution in [0.2, 0.25) is 0 Å². The summed E-state index contributed by atoms with van der Waals surface area (Å²) < 4.78 is 4.86. The van der Waals surface area contributed by atoms with E-state index in [4.69, 9.17) is 10.3 Å². The highest BCUT2D eigenvalue weighted by Crippen LogP contribution is 2.22. The molecule has 0 aliphatic carbocycles. The normalized spacial score (nSPS) is 13.2. The van der Waals surface area contributed by atoms with Crippen molar-refractivity contribution >= 4 is 5.97 Å². The van der Waals surface area contributed by atoms with Crippen LogP contribution in [0.25, 0.3) is 10.4 Å². The van der Waals surface area contributed by atoms with Gasteiger partial charge in [0.2, 0.25) is 0 Å². The van der Waals surface area contributed by atoms with Crippen LogP contribution >= 0.6 is 0 Å². The van der Waals surface area contributed by atoms with E-state index in [0.717, 1.165) is 5.56 Å². The summed E-state index contributed by atoms with van der Waals surface area (Å²) in [5.74, 6) is -0.345. The highest BCUT2D eigenvalue weighted by atomic mass is 16.5. The lowest BCUT2D eigenvalue weighted by molar-refractivity contribution is -0.148. The van der Waals surface area contributed by atoms with Crippen LogP contribution in [0.3, 0.4) is 0 Å². The van der Waals surface area contributed by atoms with Crippen molar-refractivity contribution < 1.29 is 9.53 Å². The summed E-state index contributed by atoms with van der Waals surface area (Å²) in [6.45, 7) is 2.73. The molecular weight excluding hydrogens is 244 g/mol. The Balaban J connectivity index is 2.77. The third-order valence-corrected chi connectivity index (χ3v) is 2.92. The van der Waals surface area contributed by atoms with Gasteiger partial charge in [0.15, 0.2) is 0 Å². The summed E-state index contributed by atoms with van der Waals surface area (Å²) in [6, 6.07) is 9.38. The lowest BCUT2D eigenvalue weighted by Gasteiger charge is -2.28. The van der Waals surface area contributed by atoms with Crippen molar-refractivity contribution in [1.82, 2.24) is 5.32 Å². The Hall–Kier alpha value is -2.04. The maximum Gasteiger partial charge on any atom is 0.330 e. The van der Waals surface area contributed by atoms with Crippen molar-refractivity contribution in [3.63, 3.8) is 0 Å². The molecule has 1 aromatic rings.